The molecule has 2 heterocycles. The highest BCUT2D eigenvalue weighted by Crippen LogP contribution is 2.16. The van der Waals surface area contributed by atoms with E-state index in [0.717, 1.165) is 19.4 Å². The maximum Gasteiger partial charge on any atom is 0.216 e. The van der Waals surface area contributed by atoms with Gasteiger partial charge in [-0.05, 0) is 19.8 Å². The summed E-state index contributed by atoms with van der Waals surface area (Å²) in [6.07, 6.45) is 1.77. The molecule has 2 fully saturated rings. The van der Waals surface area contributed by atoms with Gasteiger partial charge in [0.1, 0.15) is 0 Å². The van der Waals surface area contributed by atoms with Crippen molar-refractivity contribution in [3.8, 4) is 0 Å². The van der Waals surface area contributed by atoms with Crippen LogP contribution in [0.5, 0.6) is 0 Å². The molecule has 16 heavy (non-hydrogen) atoms. The summed E-state index contributed by atoms with van der Waals surface area (Å²) >= 11 is 0. The Morgan fingerprint density at radius 3 is 2.94 bits per heavy atom. The Balaban J connectivity index is 1.94. The van der Waals surface area contributed by atoms with E-state index in [0.29, 0.717) is 19.7 Å². The average molecular weight is 248 g/mol. The van der Waals surface area contributed by atoms with Crippen molar-refractivity contribution in [1.29, 1.82) is 0 Å². The van der Waals surface area contributed by atoms with Gasteiger partial charge in [0.05, 0.1) is 11.9 Å². The first-order chi connectivity index (χ1) is 7.58. The molecule has 5 nitrogen and oxygen atoms in total. The summed E-state index contributed by atoms with van der Waals surface area (Å²) in [6, 6.07) is 0.244. The molecule has 1 unspecified atom stereocenters. The molecule has 6 heteroatoms. The van der Waals surface area contributed by atoms with Crippen LogP contribution >= 0.6 is 0 Å². The fourth-order valence-electron chi connectivity index (χ4n) is 2.27. The second kappa shape index (κ2) is 5.00. The molecule has 2 aliphatic heterocycles. The van der Waals surface area contributed by atoms with Crippen LogP contribution in [0.4, 0.5) is 0 Å². The quantitative estimate of drug-likeness (QED) is 0.751. The zero-order valence-corrected chi connectivity index (χ0v) is 10.5. The van der Waals surface area contributed by atoms with E-state index in [4.69, 9.17) is 4.74 Å². The van der Waals surface area contributed by atoms with Gasteiger partial charge in [0.15, 0.2) is 0 Å². The molecule has 0 aromatic carbocycles. The first-order valence-corrected chi connectivity index (χ1v) is 7.51. The molecular formula is C10H20N2O3S. The normalized spacial score (nSPS) is 33.1. The third kappa shape index (κ3) is 2.94. The van der Waals surface area contributed by atoms with Gasteiger partial charge in [-0.15, -0.1) is 0 Å². The molecule has 0 aliphatic carbocycles. The van der Waals surface area contributed by atoms with Crippen LogP contribution in [0.25, 0.3) is 0 Å². The smallest absolute Gasteiger partial charge is 0.216 e. The highest BCUT2D eigenvalue weighted by Gasteiger charge is 2.30. The van der Waals surface area contributed by atoms with E-state index in [1.165, 1.54) is 0 Å². The number of piperazine rings is 1. The van der Waals surface area contributed by atoms with Gasteiger partial charge in [-0.25, -0.2) is 8.42 Å². The number of rotatable bonds is 3. The maximum atomic E-state index is 12.1. The van der Waals surface area contributed by atoms with Gasteiger partial charge in [0, 0.05) is 32.3 Å². The van der Waals surface area contributed by atoms with Gasteiger partial charge >= 0.3 is 0 Å². The molecule has 2 rings (SSSR count). The lowest BCUT2D eigenvalue weighted by atomic mass is 10.3. The van der Waals surface area contributed by atoms with Gasteiger partial charge in [-0.1, -0.05) is 0 Å². The third-order valence-electron chi connectivity index (χ3n) is 3.15. The summed E-state index contributed by atoms with van der Waals surface area (Å²) in [4.78, 5) is 0. The Morgan fingerprint density at radius 1 is 1.50 bits per heavy atom. The Morgan fingerprint density at radius 2 is 2.31 bits per heavy atom. The Kier molecular flexibility index (Phi) is 3.84. The predicted octanol–water partition coefficient (Wildman–Crippen LogP) is -0.211. The Hall–Kier alpha value is -0.170. The van der Waals surface area contributed by atoms with Crippen molar-refractivity contribution in [3.05, 3.63) is 0 Å². The van der Waals surface area contributed by atoms with Crippen LogP contribution in [-0.2, 0) is 14.8 Å². The molecule has 0 spiro atoms. The third-order valence-corrected chi connectivity index (χ3v) is 5.06. The second-order valence-corrected chi connectivity index (χ2v) is 6.64. The highest BCUT2D eigenvalue weighted by molar-refractivity contribution is 7.89. The fourth-order valence-corrected chi connectivity index (χ4v) is 4.03. The van der Waals surface area contributed by atoms with E-state index < -0.39 is 10.0 Å². The van der Waals surface area contributed by atoms with Crippen LogP contribution in [-0.4, -0.2) is 56.9 Å². The minimum absolute atomic E-state index is 0.0878. The van der Waals surface area contributed by atoms with Crippen molar-refractivity contribution in [2.24, 2.45) is 0 Å². The van der Waals surface area contributed by atoms with Crippen LogP contribution in [0.15, 0.2) is 0 Å². The predicted molar refractivity (Wildman–Crippen MR) is 61.8 cm³/mol. The molecule has 0 aromatic heterocycles. The van der Waals surface area contributed by atoms with E-state index in [-0.39, 0.29) is 17.9 Å². The van der Waals surface area contributed by atoms with Gasteiger partial charge in [0.2, 0.25) is 10.0 Å². The minimum atomic E-state index is -3.13. The summed E-state index contributed by atoms with van der Waals surface area (Å²) in [5, 5.41) is 3.24. The first-order valence-electron chi connectivity index (χ1n) is 5.91. The first kappa shape index (κ1) is 12.3. The zero-order chi connectivity index (χ0) is 11.6. The van der Waals surface area contributed by atoms with Crippen molar-refractivity contribution >= 4 is 10.0 Å². The molecule has 94 valence electrons. The largest absolute Gasteiger partial charge is 0.377 e. The Labute approximate surface area is 97.2 Å². The molecular weight excluding hydrogens is 228 g/mol. The van der Waals surface area contributed by atoms with E-state index >= 15 is 0 Å². The van der Waals surface area contributed by atoms with Crippen molar-refractivity contribution in [2.45, 2.75) is 31.9 Å². The molecule has 2 aliphatic rings. The molecule has 2 atom stereocenters. The van der Waals surface area contributed by atoms with E-state index in [9.17, 15) is 8.42 Å². The summed E-state index contributed by atoms with van der Waals surface area (Å²) in [5.74, 6) is 0.153. The molecule has 0 aromatic rings. The van der Waals surface area contributed by atoms with Crippen LogP contribution < -0.4 is 5.32 Å². The second-order valence-electron chi connectivity index (χ2n) is 4.63. The molecule has 2 saturated heterocycles. The minimum Gasteiger partial charge on any atom is -0.377 e. The van der Waals surface area contributed by atoms with Gasteiger partial charge in [-0.2, -0.15) is 4.31 Å². The van der Waals surface area contributed by atoms with Crippen molar-refractivity contribution in [3.63, 3.8) is 0 Å². The fraction of sp³-hybridized carbons (Fsp3) is 1.00. The zero-order valence-electron chi connectivity index (χ0n) is 9.68. The van der Waals surface area contributed by atoms with Crippen molar-refractivity contribution in [1.82, 2.24) is 9.62 Å². The van der Waals surface area contributed by atoms with Crippen LogP contribution in [0.1, 0.15) is 19.8 Å². The molecule has 0 saturated carbocycles. The molecule has 0 bridgehead atoms. The summed E-state index contributed by atoms with van der Waals surface area (Å²) < 4.78 is 31.2. The molecule has 0 radical (unpaired) electrons. The summed E-state index contributed by atoms with van der Waals surface area (Å²) in [6.45, 7) is 4.62. The topological polar surface area (TPSA) is 58.6 Å². The van der Waals surface area contributed by atoms with Crippen LogP contribution in [0.2, 0.25) is 0 Å². The van der Waals surface area contributed by atoms with E-state index in [1.807, 2.05) is 6.92 Å². The molecule has 0 amide bonds. The van der Waals surface area contributed by atoms with Crippen LogP contribution in [0, 0.1) is 0 Å². The maximum absolute atomic E-state index is 12.1. The van der Waals surface area contributed by atoms with Crippen LogP contribution in [0.3, 0.4) is 0 Å². The number of nitrogens with zero attached hydrogens (tertiary/aromatic N) is 1. The number of ether oxygens (including phenoxy) is 1. The standard InChI is InChI=1S/C10H20N2O3S/c1-9-7-12(5-4-11-9)16(13,14)8-10-3-2-6-15-10/h9-11H,2-8H2,1H3/t9-,10?/m0/s1. The lowest BCUT2D eigenvalue weighted by Crippen LogP contribution is -2.52. The Bertz CT molecular complexity index is 325. The number of sulfonamides is 1. The number of hydrogen-bond donors (Lipinski definition) is 1. The highest BCUT2D eigenvalue weighted by atomic mass is 32.2. The number of hydrogen-bond acceptors (Lipinski definition) is 4. The summed E-state index contributed by atoms with van der Waals surface area (Å²) in [7, 11) is -3.13. The van der Waals surface area contributed by atoms with Gasteiger partial charge in [-0.3, -0.25) is 0 Å². The summed E-state index contributed by atoms with van der Waals surface area (Å²) in [5.41, 5.74) is 0. The van der Waals surface area contributed by atoms with Gasteiger partial charge in [0.25, 0.3) is 0 Å². The van der Waals surface area contributed by atoms with E-state index in [1.54, 1.807) is 4.31 Å². The van der Waals surface area contributed by atoms with Crippen molar-refractivity contribution < 1.29 is 13.2 Å². The SMILES string of the molecule is C[C@H]1CN(S(=O)(=O)CC2CCCO2)CCN1. The van der Waals surface area contributed by atoms with E-state index in [2.05, 4.69) is 5.32 Å². The lowest BCUT2D eigenvalue weighted by Gasteiger charge is -2.31. The number of nitrogens with one attached hydrogen (secondary N) is 1. The molecule has 1 N–H and O–H groups in total. The van der Waals surface area contributed by atoms with Crippen molar-refractivity contribution in [2.75, 3.05) is 32.0 Å². The lowest BCUT2D eigenvalue weighted by molar-refractivity contribution is 0.126. The van der Waals surface area contributed by atoms with Gasteiger partial charge < -0.3 is 10.1 Å². The average Bonchev–Trinajstić information content (AvgIpc) is 2.70. The monoisotopic (exact) mass is 248 g/mol.